The van der Waals surface area contributed by atoms with E-state index in [4.69, 9.17) is 23.8 Å². The van der Waals surface area contributed by atoms with Gasteiger partial charge in [-0.25, -0.2) is 15.0 Å². The van der Waals surface area contributed by atoms with Crippen molar-refractivity contribution < 1.29 is 8.83 Å². The van der Waals surface area contributed by atoms with Crippen molar-refractivity contribution in [3.8, 4) is 51.0 Å². The summed E-state index contributed by atoms with van der Waals surface area (Å²) in [5, 5.41) is 6.44. The van der Waals surface area contributed by atoms with Gasteiger partial charge >= 0.3 is 0 Å². The molecule has 0 N–H and O–H groups in total. The van der Waals surface area contributed by atoms with Crippen LogP contribution >= 0.6 is 0 Å². The van der Waals surface area contributed by atoms with Crippen molar-refractivity contribution in [2.45, 2.75) is 19.3 Å². The lowest BCUT2D eigenvalue weighted by Crippen LogP contribution is -2.55. The van der Waals surface area contributed by atoms with E-state index >= 15 is 0 Å². The molecule has 4 aromatic heterocycles. The van der Waals surface area contributed by atoms with Crippen LogP contribution in [0.25, 0.3) is 117 Å². The smallest absolute Gasteiger partial charge is 0.164 e. The summed E-state index contributed by atoms with van der Waals surface area (Å²) in [6.45, 7) is 4.69. The zero-order valence-electron chi connectivity index (χ0n) is 37.4. The minimum Gasteiger partial charge on any atom is -0.456 e. The molecule has 302 valence electrons. The van der Waals surface area contributed by atoms with Crippen LogP contribution in [0.1, 0.15) is 25.0 Å². The van der Waals surface area contributed by atoms with E-state index in [-0.39, 0.29) is 5.41 Å². The molecule has 8 aromatic carbocycles. The molecule has 0 unspecified atom stereocenters. The molecule has 4 heterocycles. The SMILES string of the molecule is Bc1c(B)c(B)c(-c2nc(-c3cccc4oc5ccccc5c34)nc(-c3cccc4oc5cc(-n6c7ccccc7c7cc8c(cc76)C(C)(C)c6ccccc6-8)ccc5c34)n2)c(B)c1B. The van der Waals surface area contributed by atoms with Gasteiger partial charge in [0.2, 0.25) is 0 Å². The Morgan fingerprint density at radius 3 is 1.69 bits per heavy atom. The van der Waals surface area contributed by atoms with Gasteiger partial charge in [-0.2, -0.15) is 0 Å². The molecule has 0 fully saturated rings. The summed E-state index contributed by atoms with van der Waals surface area (Å²) in [5.74, 6) is 1.82. The number of benzene rings is 8. The predicted molar refractivity (Wildman–Crippen MR) is 283 cm³/mol. The minimum atomic E-state index is -0.122. The highest BCUT2D eigenvalue weighted by Gasteiger charge is 2.36. The molecule has 1 aliphatic carbocycles. The fourth-order valence-corrected chi connectivity index (χ4v) is 11.1. The number of hydrogen-bond acceptors (Lipinski definition) is 5. The molecule has 12 aromatic rings. The van der Waals surface area contributed by atoms with Crippen molar-refractivity contribution in [1.82, 2.24) is 19.5 Å². The standard InChI is InChI=1S/C54H39B5N4O2/c1-54(2)35-16-6-3-11-27(35)33-24-34-28-12-4-7-17-37(28)63(38(34)25-36(33)54)26-21-22-30-42(23-26)65-41-20-10-15-32(44(30)41)52-60-51(31-14-9-19-40-43(31)29-13-5-8-18-39(29)64-40)61-53(62-52)45-46(55)48(57)50(59)49(58)47(45)56/h3-25H,55-59H2,1-2H3. The summed E-state index contributed by atoms with van der Waals surface area (Å²) in [5.41, 5.74) is 20.7. The number of para-hydroxylation sites is 2. The number of aromatic nitrogens is 4. The first kappa shape index (κ1) is 38.0. The van der Waals surface area contributed by atoms with Gasteiger partial charge in [-0.05, 0) is 70.8 Å². The zero-order valence-corrected chi connectivity index (χ0v) is 37.4. The molecular weight excluding hydrogens is 791 g/mol. The van der Waals surface area contributed by atoms with Gasteiger partial charge in [0, 0.05) is 66.2 Å². The first-order chi connectivity index (χ1) is 31.6. The Balaban J connectivity index is 1.04. The second-order valence-corrected chi connectivity index (χ2v) is 18.5. The van der Waals surface area contributed by atoms with E-state index in [1.165, 1.54) is 65.9 Å². The fourth-order valence-electron chi connectivity index (χ4n) is 11.1. The number of fused-ring (bicyclic) bond motifs is 12. The Morgan fingerprint density at radius 1 is 0.415 bits per heavy atom. The first-order valence-corrected chi connectivity index (χ1v) is 22.4. The van der Waals surface area contributed by atoms with E-state index < -0.39 is 0 Å². The third-order valence-corrected chi connectivity index (χ3v) is 14.9. The van der Waals surface area contributed by atoms with Crippen LogP contribution in [-0.2, 0) is 5.41 Å². The largest absolute Gasteiger partial charge is 0.456 e. The normalized spacial score (nSPS) is 13.2. The molecule has 0 atom stereocenters. The minimum absolute atomic E-state index is 0.122. The maximum atomic E-state index is 6.84. The van der Waals surface area contributed by atoms with Crippen molar-refractivity contribution in [1.29, 1.82) is 0 Å². The van der Waals surface area contributed by atoms with Crippen molar-refractivity contribution >= 4 is 132 Å². The highest BCUT2D eigenvalue weighted by Crippen LogP contribution is 2.51. The number of nitrogens with zero attached hydrogens (tertiary/aromatic N) is 4. The topological polar surface area (TPSA) is 69.9 Å². The third kappa shape index (κ3) is 5.27. The van der Waals surface area contributed by atoms with Crippen molar-refractivity contribution in [2.75, 3.05) is 0 Å². The van der Waals surface area contributed by atoms with Crippen LogP contribution in [0.3, 0.4) is 0 Å². The van der Waals surface area contributed by atoms with E-state index in [9.17, 15) is 0 Å². The molecule has 0 aliphatic heterocycles. The van der Waals surface area contributed by atoms with Gasteiger partial charge in [0.05, 0.1) is 11.0 Å². The third-order valence-electron chi connectivity index (χ3n) is 14.9. The van der Waals surface area contributed by atoms with Gasteiger partial charge in [-0.3, -0.25) is 0 Å². The second-order valence-electron chi connectivity index (χ2n) is 18.5. The summed E-state index contributed by atoms with van der Waals surface area (Å²) >= 11 is 0. The van der Waals surface area contributed by atoms with E-state index in [1.54, 1.807) is 0 Å². The van der Waals surface area contributed by atoms with Gasteiger partial charge in [0.15, 0.2) is 17.5 Å². The Hall–Kier alpha value is -7.51. The Kier molecular flexibility index (Phi) is 7.90. The Labute approximate surface area is 379 Å². The molecule has 6 nitrogen and oxygen atoms in total. The maximum Gasteiger partial charge on any atom is 0.164 e. The summed E-state index contributed by atoms with van der Waals surface area (Å²) in [4.78, 5) is 16.1. The lowest BCUT2D eigenvalue weighted by molar-refractivity contribution is 0.661. The summed E-state index contributed by atoms with van der Waals surface area (Å²) in [6, 6.07) is 49.6. The maximum absolute atomic E-state index is 6.84. The number of rotatable bonds is 4. The van der Waals surface area contributed by atoms with Gasteiger partial charge in [-0.1, -0.05) is 110 Å². The van der Waals surface area contributed by atoms with Crippen molar-refractivity contribution in [3.63, 3.8) is 0 Å². The van der Waals surface area contributed by atoms with Gasteiger partial charge in [0.1, 0.15) is 61.6 Å². The molecule has 0 spiro atoms. The zero-order chi connectivity index (χ0) is 44.0. The predicted octanol–water partition coefficient (Wildman–Crippen LogP) is 5.37. The number of hydrogen-bond donors (Lipinski definition) is 0. The molecule has 0 radical (unpaired) electrons. The van der Waals surface area contributed by atoms with Crippen LogP contribution in [0.5, 0.6) is 0 Å². The Morgan fingerprint density at radius 2 is 0.969 bits per heavy atom. The number of furan rings is 2. The van der Waals surface area contributed by atoms with E-state index in [0.29, 0.717) is 17.5 Å². The van der Waals surface area contributed by atoms with Gasteiger partial charge in [0.25, 0.3) is 0 Å². The highest BCUT2D eigenvalue weighted by atomic mass is 16.3. The van der Waals surface area contributed by atoms with Crippen LogP contribution in [0.4, 0.5) is 0 Å². The molecule has 1 aliphatic rings. The second kappa shape index (κ2) is 13.5. The molecule has 0 bridgehead atoms. The van der Waals surface area contributed by atoms with Crippen LogP contribution in [0.15, 0.2) is 148 Å². The molecule has 0 saturated carbocycles. The van der Waals surface area contributed by atoms with E-state index in [2.05, 4.69) is 155 Å². The monoisotopic (exact) mass is 830 g/mol. The molecule has 13 rings (SSSR count). The molecule has 0 amide bonds. The lowest BCUT2D eigenvalue weighted by atomic mass is 9.60. The summed E-state index contributed by atoms with van der Waals surface area (Å²) in [7, 11) is 11.0. The molecule has 0 saturated heterocycles. The molecule has 11 heteroatoms. The Bertz CT molecular complexity index is 4040. The lowest BCUT2D eigenvalue weighted by Gasteiger charge is -2.21. The molecular formula is C54H39B5N4O2. The molecule has 65 heavy (non-hydrogen) atoms. The van der Waals surface area contributed by atoms with Crippen molar-refractivity contribution in [2.24, 2.45) is 0 Å². The van der Waals surface area contributed by atoms with E-state index in [0.717, 1.165) is 71.8 Å². The van der Waals surface area contributed by atoms with Crippen LogP contribution in [-0.4, -0.2) is 58.8 Å². The average molecular weight is 830 g/mol. The van der Waals surface area contributed by atoms with Crippen molar-refractivity contribution in [3.05, 3.63) is 151 Å². The van der Waals surface area contributed by atoms with Gasteiger partial charge in [-0.15, -0.1) is 16.4 Å². The summed E-state index contributed by atoms with van der Waals surface area (Å²) < 4.78 is 15.6. The van der Waals surface area contributed by atoms with Crippen LogP contribution < -0.4 is 27.3 Å². The first-order valence-electron chi connectivity index (χ1n) is 22.4. The summed E-state index contributed by atoms with van der Waals surface area (Å²) in [6.07, 6.45) is 0. The van der Waals surface area contributed by atoms with Gasteiger partial charge < -0.3 is 13.4 Å². The van der Waals surface area contributed by atoms with Crippen LogP contribution in [0.2, 0.25) is 0 Å². The van der Waals surface area contributed by atoms with Crippen LogP contribution in [0, 0.1) is 0 Å². The highest BCUT2D eigenvalue weighted by molar-refractivity contribution is 6.68. The fraction of sp³-hybridized carbons (Fsp3) is 0.0556. The van der Waals surface area contributed by atoms with E-state index in [1.807, 2.05) is 42.5 Å². The average Bonchev–Trinajstić information content (AvgIpc) is 4.06. The quantitative estimate of drug-likeness (QED) is 0.224.